The van der Waals surface area contributed by atoms with E-state index in [1.54, 1.807) is 7.11 Å². The maximum atomic E-state index is 11.9. The molecule has 0 amide bonds. The summed E-state index contributed by atoms with van der Waals surface area (Å²) in [6, 6.07) is 0. The van der Waals surface area contributed by atoms with E-state index in [9.17, 15) is 13.2 Å². The molecule has 2 N–H and O–H groups in total. The van der Waals surface area contributed by atoms with Crippen molar-refractivity contribution in [1.82, 2.24) is 9.71 Å². The van der Waals surface area contributed by atoms with E-state index in [0.29, 0.717) is 32.7 Å². The van der Waals surface area contributed by atoms with Crippen molar-refractivity contribution in [2.75, 3.05) is 33.5 Å². The predicted octanol–water partition coefficient (Wildman–Crippen LogP) is 0.563. The van der Waals surface area contributed by atoms with Gasteiger partial charge >= 0.3 is 5.97 Å². The topological polar surface area (TPSA) is 115 Å². The number of methoxy groups -OCH3 is 1. The number of nitrogens with one attached hydrogen (secondary N) is 1. The van der Waals surface area contributed by atoms with Gasteiger partial charge < -0.3 is 14.6 Å². The fourth-order valence-corrected chi connectivity index (χ4v) is 3.67. The molecule has 10 heteroatoms. The van der Waals surface area contributed by atoms with Crippen LogP contribution in [0.15, 0.2) is 9.72 Å². The monoisotopic (exact) mass is 338 g/mol. The minimum absolute atomic E-state index is 0.215. The van der Waals surface area contributed by atoms with Gasteiger partial charge in [0.2, 0.25) is 0 Å². The summed E-state index contributed by atoms with van der Waals surface area (Å²) in [5.74, 6) is -1.36. The number of sulfonamides is 1. The van der Waals surface area contributed by atoms with Crippen molar-refractivity contribution in [2.24, 2.45) is 0 Å². The van der Waals surface area contributed by atoms with Crippen LogP contribution in [-0.4, -0.2) is 58.0 Å². The molecular weight excluding hydrogens is 320 g/mol. The molecule has 8 nitrogen and oxygen atoms in total. The summed E-state index contributed by atoms with van der Waals surface area (Å²) in [5, 5.41) is 8.86. The molecule has 0 bridgehead atoms. The Morgan fingerprint density at radius 3 is 2.81 bits per heavy atom. The van der Waals surface area contributed by atoms with Gasteiger partial charge in [-0.25, -0.2) is 22.9 Å². The number of carboxylic acids is 1. The van der Waals surface area contributed by atoms with E-state index in [0.717, 1.165) is 11.3 Å². The van der Waals surface area contributed by atoms with Gasteiger partial charge in [0.1, 0.15) is 0 Å². The first kappa shape index (κ1) is 18.0. The van der Waals surface area contributed by atoms with Crippen LogP contribution < -0.4 is 4.72 Å². The normalized spacial score (nSPS) is 11.7. The van der Waals surface area contributed by atoms with Crippen molar-refractivity contribution >= 4 is 27.3 Å². The number of rotatable bonds is 11. The van der Waals surface area contributed by atoms with Crippen LogP contribution in [0.1, 0.15) is 23.3 Å². The number of hydrogen-bond donors (Lipinski definition) is 2. The second-order valence-electron chi connectivity index (χ2n) is 4.00. The van der Waals surface area contributed by atoms with Crippen LogP contribution in [0.2, 0.25) is 0 Å². The van der Waals surface area contributed by atoms with Crippen LogP contribution in [0.4, 0.5) is 0 Å². The van der Waals surface area contributed by atoms with Gasteiger partial charge in [0.25, 0.3) is 10.0 Å². The SMILES string of the molecule is COCCOCCCCNS(=O)(=O)c1scnc1C(=O)O. The first-order valence-electron chi connectivity index (χ1n) is 6.22. The highest BCUT2D eigenvalue weighted by Gasteiger charge is 2.25. The van der Waals surface area contributed by atoms with Crippen molar-refractivity contribution in [3.05, 3.63) is 11.2 Å². The second-order valence-corrected chi connectivity index (χ2v) is 6.82. The largest absolute Gasteiger partial charge is 0.476 e. The number of carbonyl (C=O) groups is 1. The third kappa shape index (κ3) is 6.06. The van der Waals surface area contributed by atoms with Gasteiger partial charge in [-0.05, 0) is 12.8 Å². The quantitative estimate of drug-likeness (QED) is 0.567. The molecule has 0 aliphatic rings. The van der Waals surface area contributed by atoms with Gasteiger partial charge in [0.05, 0.1) is 18.7 Å². The zero-order valence-electron chi connectivity index (χ0n) is 11.6. The highest BCUT2D eigenvalue weighted by Crippen LogP contribution is 2.19. The molecule has 0 saturated heterocycles. The van der Waals surface area contributed by atoms with Crippen LogP contribution >= 0.6 is 11.3 Å². The summed E-state index contributed by atoms with van der Waals surface area (Å²) < 4.78 is 36.0. The summed E-state index contributed by atoms with van der Waals surface area (Å²) in [6.45, 7) is 1.76. The van der Waals surface area contributed by atoms with E-state index in [2.05, 4.69) is 9.71 Å². The molecule has 120 valence electrons. The lowest BCUT2D eigenvalue weighted by Gasteiger charge is -2.06. The van der Waals surface area contributed by atoms with Gasteiger partial charge in [-0.3, -0.25) is 0 Å². The molecule has 0 aliphatic carbocycles. The Morgan fingerprint density at radius 2 is 2.14 bits per heavy atom. The van der Waals surface area contributed by atoms with Crippen LogP contribution in [0.5, 0.6) is 0 Å². The lowest BCUT2D eigenvalue weighted by atomic mass is 10.3. The second kappa shape index (κ2) is 9.05. The van der Waals surface area contributed by atoms with Crippen molar-refractivity contribution in [3.8, 4) is 0 Å². The van der Waals surface area contributed by atoms with Crippen LogP contribution in [0, 0.1) is 0 Å². The first-order chi connectivity index (χ1) is 9.99. The molecule has 0 spiro atoms. The molecule has 0 radical (unpaired) electrons. The highest BCUT2D eigenvalue weighted by atomic mass is 32.2. The summed E-state index contributed by atoms with van der Waals surface area (Å²) in [4.78, 5) is 14.4. The standard InChI is InChI=1S/C11H18N2O6S2/c1-18-6-7-19-5-3-2-4-13-21(16,17)11-9(10(14)15)12-8-20-11/h8,13H,2-7H2,1H3,(H,14,15). The molecule has 1 aromatic rings. The first-order valence-corrected chi connectivity index (χ1v) is 8.58. The zero-order chi connectivity index (χ0) is 15.7. The minimum atomic E-state index is -3.83. The molecule has 0 aliphatic heterocycles. The van der Waals surface area contributed by atoms with Gasteiger partial charge in [-0.1, -0.05) is 0 Å². The molecule has 1 rings (SSSR count). The maximum Gasteiger partial charge on any atom is 0.356 e. The Bertz CT molecular complexity index is 543. The number of thiazole rings is 1. The minimum Gasteiger partial charge on any atom is -0.476 e. The number of ether oxygens (including phenoxy) is 2. The van der Waals surface area contributed by atoms with Crippen molar-refractivity contribution < 1.29 is 27.8 Å². The summed E-state index contributed by atoms with van der Waals surface area (Å²) in [6.07, 6.45) is 1.29. The Morgan fingerprint density at radius 1 is 1.38 bits per heavy atom. The number of aromatic nitrogens is 1. The van der Waals surface area contributed by atoms with Crippen LogP contribution in [-0.2, 0) is 19.5 Å². The molecule has 0 aromatic carbocycles. The molecule has 0 saturated carbocycles. The van der Waals surface area contributed by atoms with E-state index >= 15 is 0 Å². The number of carboxylic acid groups (broad SMARTS) is 1. The number of aromatic carboxylic acids is 1. The van der Waals surface area contributed by atoms with Gasteiger partial charge in [0.15, 0.2) is 9.90 Å². The van der Waals surface area contributed by atoms with Crippen molar-refractivity contribution in [2.45, 2.75) is 17.1 Å². The number of nitrogens with zero attached hydrogens (tertiary/aromatic N) is 1. The molecule has 1 heterocycles. The molecule has 0 atom stereocenters. The van der Waals surface area contributed by atoms with Crippen molar-refractivity contribution in [1.29, 1.82) is 0 Å². The van der Waals surface area contributed by atoms with E-state index in [-0.39, 0.29) is 10.8 Å². The molecule has 0 fully saturated rings. The van der Waals surface area contributed by atoms with E-state index in [1.807, 2.05) is 0 Å². The molecule has 0 unspecified atom stereocenters. The third-order valence-electron chi connectivity index (χ3n) is 2.42. The fourth-order valence-electron chi connectivity index (χ4n) is 1.41. The Balaban J connectivity index is 2.34. The van der Waals surface area contributed by atoms with E-state index in [1.165, 1.54) is 5.51 Å². The fraction of sp³-hybridized carbons (Fsp3) is 0.636. The smallest absolute Gasteiger partial charge is 0.356 e. The Labute approximate surface area is 127 Å². The lowest BCUT2D eigenvalue weighted by Crippen LogP contribution is -2.25. The molecular formula is C11H18N2O6S2. The maximum absolute atomic E-state index is 11.9. The van der Waals surface area contributed by atoms with Gasteiger partial charge in [0, 0.05) is 20.3 Å². The molecule has 1 aromatic heterocycles. The van der Waals surface area contributed by atoms with Crippen LogP contribution in [0.3, 0.4) is 0 Å². The molecule has 21 heavy (non-hydrogen) atoms. The van der Waals surface area contributed by atoms with E-state index in [4.69, 9.17) is 14.6 Å². The van der Waals surface area contributed by atoms with Crippen molar-refractivity contribution in [3.63, 3.8) is 0 Å². The van der Waals surface area contributed by atoms with Gasteiger partial charge in [-0.2, -0.15) is 0 Å². The van der Waals surface area contributed by atoms with E-state index < -0.39 is 21.7 Å². The number of hydrogen-bond acceptors (Lipinski definition) is 7. The summed E-state index contributed by atoms with van der Waals surface area (Å²) in [7, 11) is -2.24. The van der Waals surface area contributed by atoms with Crippen LogP contribution in [0.25, 0.3) is 0 Å². The van der Waals surface area contributed by atoms with Gasteiger partial charge in [-0.15, -0.1) is 11.3 Å². The average Bonchev–Trinajstić information content (AvgIpc) is 2.92. The zero-order valence-corrected chi connectivity index (χ0v) is 13.2. The Kier molecular flexibility index (Phi) is 7.75. The predicted molar refractivity (Wildman–Crippen MR) is 76.2 cm³/mol. The third-order valence-corrected chi connectivity index (χ3v) is 5.25. The average molecular weight is 338 g/mol. The lowest BCUT2D eigenvalue weighted by molar-refractivity contribution is 0.0687. The summed E-state index contributed by atoms with van der Waals surface area (Å²) in [5.41, 5.74) is 0.747. The summed E-state index contributed by atoms with van der Waals surface area (Å²) >= 11 is 0.781. The highest BCUT2D eigenvalue weighted by molar-refractivity contribution is 7.91. The number of unbranched alkanes of at least 4 members (excludes halogenated alkanes) is 1. The Hall–Kier alpha value is -1.07.